The van der Waals surface area contributed by atoms with Gasteiger partial charge in [-0.25, -0.2) is 0 Å². The Morgan fingerprint density at radius 2 is 2.13 bits per heavy atom. The highest BCUT2D eigenvalue weighted by atomic mass is 16.5. The maximum Gasteiger partial charge on any atom is 0.310 e. The van der Waals surface area contributed by atoms with Gasteiger partial charge in [-0.2, -0.15) is 5.26 Å². The number of carbonyl (C=O) groups excluding carboxylic acids is 1. The summed E-state index contributed by atoms with van der Waals surface area (Å²) in [5, 5.41) is 8.73. The van der Waals surface area contributed by atoms with E-state index in [1.165, 1.54) is 19.3 Å². The van der Waals surface area contributed by atoms with Crippen molar-refractivity contribution in [2.45, 2.75) is 45.4 Å². The second-order valence-corrected chi connectivity index (χ2v) is 4.12. The van der Waals surface area contributed by atoms with Gasteiger partial charge in [0.05, 0.1) is 18.6 Å². The average Bonchev–Trinajstić information content (AvgIpc) is 2.27. The van der Waals surface area contributed by atoms with Crippen molar-refractivity contribution in [1.82, 2.24) is 0 Å². The van der Waals surface area contributed by atoms with Crippen molar-refractivity contribution in [3.05, 3.63) is 0 Å². The molecule has 1 unspecified atom stereocenters. The van der Waals surface area contributed by atoms with Gasteiger partial charge in [-0.15, -0.1) is 0 Å². The van der Waals surface area contributed by atoms with Crippen LogP contribution in [-0.2, 0) is 9.53 Å². The lowest BCUT2D eigenvalue weighted by molar-refractivity contribution is -0.150. The molecule has 1 rings (SSSR count). The molecular formula is C12H19NO2. The monoisotopic (exact) mass is 209 g/mol. The van der Waals surface area contributed by atoms with Gasteiger partial charge in [-0.3, -0.25) is 4.79 Å². The van der Waals surface area contributed by atoms with Crippen LogP contribution in [0.4, 0.5) is 0 Å². The first kappa shape index (κ1) is 12.0. The van der Waals surface area contributed by atoms with Gasteiger partial charge in [0, 0.05) is 6.42 Å². The van der Waals surface area contributed by atoms with Crippen molar-refractivity contribution in [3.63, 3.8) is 0 Å². The third kappa shape index (κ3) is 3.54. The standard InChI is InChI=1S/C12H19NO2/c1-2-15-12(14)11(8-9-13)10-6-4-3-5-7-10/h10-11H,2-8H2,1H3. The first-order valence-corrected chi connectivity index (χ1v) is 5.83. The van der Waals surface area contributed by atoms with Gasteiger partial charge in [0.2, 0.25) is 0 Å². The van der Waals surface area contributed by atoms with E-state index in [2.05, 4.69) is 6.07 Å². The largest absolute Gasteiger partial charge is 0.466 e. The van der Waals surface area contributed by atoms with Crippen molar-refractivity contribution in [1.29, 1.82) is 5.26 Å². The summed E-state index contributed by atoms with van der Waals surface area (Å²) >= 11 is 0. The lowest BCUT2D eigenvalue weighted by Gasteiger charge is -2.27. The molecule has 0 bridgehead atoms. The van der Waals surface area contributed by atoms with Gasteiger partial charge in [0.25, 0.3) is 0 Å². The molecule has 1 fully saturated rings. The predicted molar refractivity (Wildman–Crippen MR) is 56.9 cm³/mol. The molecule has 15 heavy (non-hydrogen) atoms. The molecular weight excluding hydrogens is 190 g/mol. The lowest BCUT2D eigenvalue weighted by atomic mass is 9.79. The van der Waals surface area contributed by atoms with Gasteiger partial charge in [0.15, 0.2) is 0 Å². The smallest absolute Gasteiger partial charge is 0.310 e. The summed E-state index contributed by atoms with van der Waals surface area (Å²) in [7, 11) is 0. The Morgan fingerprint density at radius 1 is 1.47 bits per heavy atom. The summed E-state index contributed by atoms with van der Waals surface area (Å²) in [6.07, 6.45) is 6.09. The number of ether oxygens (including phenoxy) is 1. The van der Waals surface area contributed by atoms with Gasteiger partial charge >= 0.3 is 5.97 Å². The molecule has 1 aliphatic carbocycles. The molecule has 0 aliphatic heterocycles. The zero-order valence-corrected chi connectivity index (χ0v) is 9.37. The van der Waals surface area contributed by atoms with E-state index in [0.717, 1.165) is 12.8 Å². The molecule has 3 nitrogen and oxygen atoms in total. The van der Waals surface area contributed by atoms with E-state index in [0.29, 0.717) is 18.9 Å². The van der Waals surface area contributed by atoms with Crippen LogP contribution in [0.3, 0.4) is 0 Å². The molecule has 1 saturated carbocycles. The average molecular weight is 209 g/mol. The van der Waals surface area contributed by atoms with Crippen LogP contribution in [0.15, 0.2) is 0 Å². The van der Waals surface area contributed by atoms with Crippen LogP contribution in [0.2, 0.25) is 0 Å². The zero-order chi connectivity index (χ0) is 11.1. The Bertz CT molecular complexity index is 238. The molecule has 0 radical (unpaired) electrons. The molecule has 0 heterocycles. The normalized spacial score (nSPS) is 19.2. The van der Waals surface area contributed by atoms with Crippen molar-refractivity contribution < 1.29 is 9.53 Å². The van der Waals surface area contributed by atoms with Gasteiger partial charge in [-0.1, -0.05) is 19.3 Å². The van der Waals surface area contributed by atoms with Crippen molar-refractivity contribution in [3.8, 4) is 6.07 Å². The van der Waals surface area contributed by atoms with Crippen molar-refractivity contribution in [2.75, 3.05) is 6.61 Å². The van der Waals surface area contributed by atoms with Crippen LogP contribution in [0.1, 0.15) is 45.4 Å². The third-order valence-corrected chi connectivity index (χ3v) is 3.12. The van der Waals surface area contributed by atoms with E-state index < -0.39 is 0 Å². The third-order valence-electron chi connectivity index (χ3n) is 3.12. The molecule has 0 N–H and O–H groups in total. The number of esters is 1. The van der Waals surface area contributed by atoms with E-state index in [1.54, 1.807) is 0 Å². The van der Waals surface area contributed by atoms with Crippen LogP contribution >= 0.6 is 0 Å². The minimum Gasteiger partial charge on any atom is -0.466 e. The Morgan fingerprint density at radius 3 is 2.67 bits per heavy atom. The van der Waals surface area contributed by atoms with Gasteiger partial charge in [0.1, 0.15) is 0 Å². The number of nitrogens with zero attached hydrogens (tertiary/aromatic N) is 1. The summed E-state index contributed by atoms with van der Waals surface area (Å²) in [5.41, 5.74) is 0. The van der Waals surface area contributed by atoms with Crippen molar-refractivity contribution in [2.24, 2.45) is 11.8 Å². The minimum atomic E-state index is -0.185. The highest BCUT2D eigenvalue weighted by Gasteiger charge is 2.30. The van der Waals surface area contributed by atoms with E-state index >= 15 is 0 Å². The molecule has 0 aromatic heterocycles. The van der Waals surface area contributed by atoms with Crippen LogP contribution in [0, 0.1) is 23.2 Å². The number of hydrogen-bond donors (Lipinski definition) is 0. The number of carbonyl (C=O) groups is 1. The molecule has 0 spiro atoms. The predicted octanol–water partition coefficient (Wildman–Crippen LogP) is 2.66. The van der Waals surface area contributed by atoms with Crippen LogP contribution in [0.5, 0.6) is 0 Å². The first-order valence-electron chi connectivity index (χ1n) is 5.83. The fourth-order valence-electron chi connectivity index (χ4n) is 2.33. The maximum atomic E-state index is 11.7. The van der Waals surface area contributed by atoms with Crippen LogP contribution in [-0.4, -0.2) is 12.6 Å². The Balaban J connectivity index is 2.55. The molecule has 1 atom stereocenters. The highest BCUT2D eigenvalue weighted by Crippen LogP contribution is 2.32. The summed E-state index contributed by atoms with van der Waals surface area (Å²) < 4.78 is 5.02. The summed E-state index contributed by atoms with van der Waals surface area (Å²) in [4.78, 5) is 11.7. The minimum absolute atomic E-state index is 0.175. The lowest BCUT2D eigenvalue weighted by Crippen LogP contribution is -2.27. The summed E-state index contributed by atoms with van der Waals surface area (Å²) in [6.45, 7) is 2.22. The zero-order valence-electron chi connectivity index (χ0n) is 9.37. The quantitative estimate of drug-likeness (QED) is 0.669. The fraction of sp³-hybridized carbons (Fsp3) is 0.833. The molecule has 0 aromatic rings. The number of rotatable bonds is 4. The van der Waals surface area contributed by atoms with E-state index in [-0.39, 0.29) is 11.9 Å². The van der Waals surface area contributed by atoms with Gasteiger partial charge < -0.3 is 4.74 Å². The van der Waals surface area contributed by atoms with Crippen molar-refractivity contribution >= 4 is 5.97 Å². The first-order chi connectivity index (χ1) is 7.29. The molecule has 0 amide bonds. The molecule has 0 saturated heterocycles. The highest BCUT2D eigenvalue weighted by molar-refractivity contribution is 5.73. The van der Waals surface area contributed by atoms with Crippen LogP contribution in [0.25, 0.3) is 0 Å². The molecule has 0 aromatic carbocycles. The molecule has 84 valence electrons. The second kappa shape index (κ2) is 6.44. The molecule has 1 aliphatic rings. The van der Waals surface area contributed by atoms with E-state index in [4.69, 9.17) is 10.00 Å². The van der Waals surface area contributed by atoms with E-state index in [9.17, 15) is 4.79 Å². The fourth-order valence-corrected chi connectivity index (χ4v) is 2.33. The number of hydrogen-bond acceptors (Lipinski definition) is 3. The van der Waals surface area contributed by atoms with E-state index in [1.807, 2.05) is 6.92 Å². The topological polar surface area (TPSA) is 50.1 Å². The maximum absolute atomic E-state index is 11.7. The molecule has 3 heteroatoms. The second-order valence-electron chi connectivity index (χ2n) is 4.12. The number of nitriles is 1. The van der Waals surface area contributed by atoms with Gasteiger partial charge in [-0.05, 0) is 25.7 Å². The summed E-state index contributed by atoms with van der Waals surface area (Å²) in [5.74, 6) is 0.0126. The Kier molecular flexibility index (Phi) is 5.17. The van der Waals surface area contributed by atoms with Crippen LogP contribution < -0.4 is 0 Å². The summed E-state index contributed by atoms with van der Waals surface area (Å²) in [6, 6.07) is 2.10. The Labute approximate surface area is 91.4 Å². The SMILES string of the molecule is CCOC(=O)C(CC#N)C1CCCCC1. The Hall–Kier alpha value is -1.04.